The van der Waals surface area contributed by atoms with E-state index < -0.39 is 26.8 Å². The van der Waals surface area contributed by atoms with Gasteiger partial charge in [-0.15, -0.1) is 0 Å². The number of fused-ring (bicyclic) bond motifs is 4. The van der Waals surface area contributed by atoms with Gasteiger partial charge >= 0.3 is 0 Å². The predicted molar refractivity (Wildman–Crippen MR) is 208 cm³/mol. The van der Waals surface area contributed by atoms with Crippen LogP contribution in [-0.4, -0.2) is 89.2 Å². The van der Waals surface area contributed by atoms with E-state index in [0.29, 0.717) is 36.5 Å². The molecule has 2 aromatic rings. The highest BCUT2D eigenvalue weighted by Crippen LogP contribution is 2.50. The van der Waals surface area contributed by atoms with Gasteiger partial charge in [-0.1, -0.05) is 36.7 Å². The standard InChI is InChI=1S/C42H56ClN3O6S/c1-4-52-42(25-45-19-17-40(18-20-45)26-50-27-40)16-5-7-29(2)30(3)53(48,49)44-39(47)32-10-14-38-37(22-32)46(23-33-9-12-36(33)42)24-41(28-51-38)15-6-8-31-21-34(43)11-13-35(31)41/h5,10-11,13-14,16,21-22,29-30,33,36H,4,6-9,12,15,17-20,23-28H2,1-3H3,(H,44,47)/b16-5-/t29-,30+,33-,36+,41-,42+/m0/s1. The van der Waals surface area contributed by atoms with Crippen LogP contribution >= 0.6 is 11.6 Å². The average molecular weight is 766 g/mol. The molecule has 11 heteroatoms. The van der Waals surface area contributed by atoms with Crippen LogP contribution in [0.3, 0.4) is 0 Å². The van der Waals surface area contributed by atoms with E-state index in [9.17, 15) is 13.2 Å². The Bertz CT molecular complexity index is 1840. The van der Waals surface area contributed by atoms with Crippen molar-refractivity contribution in [1.29, 1.82) is 0 Å². The van der Waals surface area contributed by atoms with Gasteiger partial charge in [0.15, 0.2) is 0 Å². The first-order valence-corrected chi connectivity index (χ1v) is 21.8. The summed E-state index contributed by atoms with van der Waals surface area (Å²) in [5.41, 5.74) is 3.29. The number of piperidine rings is 1. The molecule has 1 saturated carbocycles. The summed E-state index contributed by atoms with van der Waals surface area (Å²) in [6.45, 7) is 13.0. The van der Waals surface area contributed by atoms with E-state index in [2.05, 4.69) is 45.7 Å². The van der Waals surface area contributed by atoms with Crippen molar-refractivity contribution in [3.05, 3.63) is 70.3 Å². The van der Waals surface area contributed by atoms with Gasteiger partial charge in [0.05, 0.1) is 30.8 Å². The highest BCUT2D eigenvalue weighted by molar-refractivity contribution is 7.90. The summed E-state index contributed by atoms with van der Waals surface area (Å²) in [6, 6.07) is 11.7. The number of benzene rings is 2. The summed E-state index contributed by atoms with van der Waals surface area (Å²) in [7, 11) is -3.95. The number of nitrogens with one attached hydrogen (secondary N) is 1. The van der Waals surface area contributed by atoms with Gasteiger partial charge in [-0.25, -0.2) is 13.1 Å². The van der Waals surface area contributed by atoms with Crippen LogP contribution in [-0.2, 0) is 31.3 Å². The summed E-state index contributed by atoms with van der Waals surface area (Å²) in [6.07, 6.45) is 12.5. The quantitative estimate of drug-likeness (QED) is 0.341. The molecule has 288 valence electrons. The third-order valence-corrected chi connectivity index (χ3v) is 16.0. The highest BCUT2D eigenvalue weighted by atomic mass is 35.5. The Labute approximate surface area is 320 Å². The molecular formula is C42H56ClN3O6S. The molecule has 0 aromatic heterocycles. The van der Waals surface area contributed by atoms with Crippen molar-refractivity contribution < 1.29 is 27.4 Å². The van der Waals surface area contributed by atoms with Crippen LogP contribution in [0.5, 0.6) is 5.75 Å². The molecule has 4 heterocycles. The fraction of sp³-hybridized carbons (Fsp3) is 0.643. The van der Waals surface area contributed by atoms with Gasteiger partial charge in [0.2, 0.25) is 10.0 Å². The number of rotatable bonds is 4. The van der Waals surface area contributed by atoms with Crippen LogP contribution in [0.1, 0.15) is 87.2 Å². The lowest BCUT2D eigenvalue weighted by Crippen LogP contribution is -2.59. The summed E-state index contributed by atoms with van der Waals surface area (Å²) in [4.78, 5) is 18.7. The maximum Gasteiger partial charge on any atom is 0.264 e. The zero-order valence-electron chi connectivity index (χ0n) is 31.6. The van der Waals surface area contributed by atoms with Crippen LogP contribution in [0.15, 0.2) is 48.6 Å². The highest BCUT2D eigenvalue weighted by Gasteiger charge is 2.51. The number of likely N-dealkylation sites (tertiary alicyclic amines) is 1. The van der Waals surface area contributed by atoms with E-state index in [-0.39, 0.29) is 17.3 Å². The summed E-state index contributed by atoms with van der Waals surface area (Å²) >= 11 is 6.51. The topological polar surface area (TPSA) is 97.4 Å². The molecule has 8 rings (SSSR count). The fourth-order valence-electron chi connectivity index (χ4n) is 10.2. The van der Waals surface area contributed by atoms with Crippen molar-refractivity contribution >= 4 is 33.2 Å². The van der Waals surface area contributed by atoms with E-state index in [4.69, 9.17) is 25.8 Å². The first-order valence-electron chi connectivity index (χ1n) is 19.9. The third-order valence-electron chi connectivity index (χ3n) is 13.9. The lowest BCUT2D eigenvalue weighted by Gasteiger charge is -2.54. The Balaban J connectivity index is 1.19. The van der Waals surface area contributed by atoms with Gasteiger partial charge in [-0.05, 0) is 138 Å². The molecule has 2 aliphatic carbocycles. The number of carbonyl (C=O) groups is 1. The SMILES string of the molecule is CCO[C@@]1(CN2CCC3(CC2)COC3)/C=C\C[C@H](C)[C@@H](C)S(=O)(=O)NC(=O)c2ccc3c(c2)N(C[C@@H]2CC[C@H]21)C[C@@]1(CCCc2cc(Cl)ccc21)CO3. The van der Waals surface area contributed by atoms with E-state index in [0.717, 1.165) is 107 Å². The minimum atomic E-state index is -3.95. The van der Waals surface area contributed by atoms with Crippen LogP contribution in [0.4, 0.5) is 5.69 Å². The largest absolute Gasteiger partial charge is 0.490 e. The monoisotopic (exact) mass is 765 g/mol. The maximum atomic E-state index is 13.7. The fourth-order valence-corrected chi connectivity index (χ4v) is 11.7. The Hall–Kier alpha value is -2.63. The second-order valence-corrected chi connectivity index (χ2v) is 19.7. The molecule has 6 atom stereocenters. The van der Waals surface area contributed by atoms with Crippen molar-refractivity contribution in [3.8, 4) is 5.75 Å². The molecule has 0 unspecified atom stereocenters. The van der Waals surface area contributed by atoms with E-state index >= 15 is 0 Å². The van der Waals surface area contributed by atoms with Crippen LogP contribution in [0.25, 0.3) is 0 Å². The number of amides is 1. The van der Waals surface area contributed by atoms with E-state index in [1.54, 1.807) is 13.0 Å². The van der Waals surface area contributed by atoms with Gasteiger partial charge < -0.3 is 24.0 Å². The minimum absolute atomic E-state index is 0.213. The molecule has 4 aliphatic heterocycles. The van der Waals surface area contributed by atoms with E-state index in [1.165, 1.54) is 11.1 Å². The number of allylic oxidation sites excluding steroid dienone is 1. The summed E-state index contributed by atoms with van der Waals surface area (Å²) < 4.78 is 49.0. The molecule has 1 amide bonds. The molecule has 53 heavy (non-hydrogen) atoms. The zero-order valence-corrected chi connectivity index (χ0v) is 33.2. The molecule has 2 bridgehead atoms. The molecule has 3 fully saturated rings. The van der Waals surface area contributed by atoms with E-state index in [1.807, 2.05) is 25.1 Å². The minimum Gasteiger partial charge on any atom is -0.490 e. The molecule has 2 aromatic carbocycles. The Kier molecular flexibility index (Phi) is 10.2. The number of aryl methyl sites for hydroxylation is 1. The zero-order chi connectivity index (χ0) is 37.0. The van der Waals surface area contributed by atoms with Crippen molar-refractivity contribution in [3.63, 3.8) is 0 Å². The normalized spacial score (nSPS) is 34.4. The number of sulfonamides is 1. The predicted octanol–water partition coefficient (Wildman–Crippen LogP) is 6.77. The number of hydrogen-bond acceptors (Lipinski definition) is 8. The summed E-state index contributed by atoms with van der Waals surface area (Å²) in [5.74, 6) is 0.522. The number of anilines is 1. The maximum absolute atomic E-state index is 13.7. The molecule has 0 radical (unpaired) electrons. The van der Waals surface area contributed by atoms with Gasteiger partial charge in [0.25, 0.3) is 5.91 Å². The molecular weight excluding hydrogens is 710 g/mol. The molecule has 2 spiro atoms. The smallest absolute Gasteiger partial charge is 0.264 e. The lowest BCUT2D eigenvalue weighted by atomic mass is 9.63. The molecule has 6 aliphatic rings. The van der Waals surface area contributed by atoms with Gasteiger partial charge in [0.1, 0.15) is 11.4 Å². The second-order valence-electron chi connectivity index (χ2n) is 17.2. The second kappa shape index (κ2) is 14.5. The van der Waals surface area contributed by atoms with Gasteiger partial charge in [0, 0.05) is 47.7 Å². The van der Waals surface area contributed by atoms with Gasteiger partial charge in [-0.3, -0.25) is 4.79 Å². The van der Waals surface area contributed by atoms with Gasteiger partial charge in [-0.2, -0.15) is 0 Å². The van der Waals surface area contributed by atoms with Crippen molar-refractivity contribution in [2.24, 2.45) is 23.2 Å². The summed E-state index contributed by atoms with van der Waals surface area (Å²) in [5, 5.41) is -0.0224. The number of nitrogens with zero attached hydrogens (tertiary/aromatic N) is 2. The molecule has 1 N–H and O–H groups in total. The Morgan fingerprint density at radius 3 is 2.57 bits per heavy atom. The Morgan fingerprint density at radius 1 is 1.04 bits per heavy atom. The molecule has 9 nitrogen and oxygen atoms in total. The number of carbonyl (C=O) groups excluding carboxylic acids is 1. The average Bonchev–Trinajstić information content (AvgIpc) is 3.25. The lowest BCUT2D eigenvalue weighted by molar-refractivity contribution is -0.152. The van der Waals surface area contributed by atoms with Crippen LogP contribution in [0.2, 0.25) is 5.02 Å². The van der Waals surface area contributed by atoms with Crippen LogP contribution < -0.4 is 14.4 Å². The molecule has 2 saturated heterocycles. The van der Waals surface area contributed by atoms with Crippen molar-refractivity contribution in [2.75, 3.05) is 64.1 Å². The number of ether oxygens (including phenoxy) is 3. The first kappa shape index (κ1) is 37.3. The number of halogens is 1. The Morgan fingerprint density at radius 2 is 1.85 bits per heavy atom. The van der Waals surface area contributed by atoms with Crippen molar-refractivity contribution in [2.45, 2.75) is 88.4 Å². The first-order chi connectivity index (χ1) is 25.4. The third kappa shape index (κ3) is 7.05. The number of hydrogen-bond donors (Lipinski definition) is 1. The van der Waals surface area contributed by atoms with Crippen molar-refractivity contribution in [1.82, 2.24) is 9.62 Å². The van der Waals surface area contributed by atoms with Crippen LogP contribution in [0, 0.1) is 23.2 Å².